The average molecular weight is 298 g/mol. The normalized spacial score (nSPS) is 32.2. The zero-order valence-corrected chi connectivity index (χ0v) is 11.0. The number of rotatable bonds is 4. The van der Waals surface area contributed by atoms with Crippen molar-refractivity contribution in [1.82, 2.24) is 10.4 Å². The third kappa shape index (κ3) is 2.23. The lowest BCUT2D eigenvalue weighted by atomic mass is 10.1. The molecule has 2 saturated heterocycles. The van der Waals surface area contributed by atoms with Crippen molar-refractivity contribution in [3.05, 3.63) is 0 Å². The predicted octanol–water partition coefficient (Wildman–Crippen LogP) is -1.23. The van der Waals surface area contributed by atoms with Crippen molar-refractivity contribution >= 4 is 23.8 Å². The minimum atomic E-state index is -2.13. The fraction of sp³-hybridized carbons (Fsp3) is 0.667. The molecule has 2 atom stereocenters. The fourth-order valence-electron chi connectivity index (χ4n) is 2.39. The van der Waals surface area contributed by atoms with Crippen molar-refractivity contribution in [3.63, 3.8) is 0 Å². The van der Waals surface area contributed by atoms with Crippen LogP contribution < -0.4 is 5.32 Å². The lowest BCUT2D eigenvalue weighted by molar-refractivity contribution is -0.256. The van der Waals surface area contributed by atoms with E-state index in [0.29, 0.717) is 5.06 Å². The Bertz CT molecular complexity index is 530. The van der Waals surface area contributed by atoms with Crippen molar-refractivity contribution in [2.45, 2.75) is 37.5 Å². The molecular weight excluding hydrogens is 284 g/mol. The second-order valence-electron chi connectivity index (χ2n) is 5.33. The monoisotopic (exact) mass is 298 g/mol. The van der Waals surface area contributed by atoms with Crippen LogP contribution in [0.1, 0.15) is 25.7 Å². The Morgan fingerprint density at radius 3 is 2.57 bits per heavy atom. The van der Waals surface area contributed by atoms with Crippen molar-refractivity contribution < 1.29 is 33.9 Å². The summed E-state index contributed by atoms with van der Waals surface area (Å²) < 4.78 is 4.81. The second-order valence-corrected chi connectivity index (χ2v) is 5.33. The zero-order valence-electron chi connectivity index (χ0n) is 11.0. The number of hydroxylamine groups is 2. The summed E-state index contributed by atoms with van der Waals surface area (Å²) in [6.45, 7) is -0.177. The van der Waals surface area contributed by atoms with E-state index in [1.54, 1.807) is 0 Å². The van der Waals surface area contributed by atoms with Gasteiger partial charge in [-0.25, -0.2) is 4.79 Å². The maximum Gasteiger partial charge on any atom is 0.372 e. The molecule has 1 unspecified atom stereocenters. The van der Waals surface area contributed by atoms with E-state index in [0.717, 1.165) is 12.8 Å². The minimum absolute atomic E-state index is 0.0791. The summed E-state index contributed by atoms with van der Waals surface area (Å²) in [7, 11) is 0. The highest BCUT2D eigenvalue weighted by Crippen LogP contribution is 2.34. The van der Waals surface area contributed by atoms with Gasteiger partial charge in [0.15, 0.2) is 0 Å². The maximum absolute atomic E-state index is 12.2. The number of carboxylic acids is 1. The quantitative estimate of drug-likeness (QED) is 0.623. The van der Waals surface area contributed by atoms with Gasteiger partial charge in [-0.2, -0.15) is 5.06 Å². The molecule has 2 aliphatic heterocycles. The lowest BCUT2D eigenvalue weighted by Gasteiger charge is -2.30. The van der Waals surface area contributed by atoms with Gasteiger partial charge in [-0.1, -0.05) is 0 Å². The first-order valence-electron chi connectivity index (χ1n) is 6.66. The van der Waals surface area contributed by atoms with Crippen LogP contribution in [0.25, 0.3) is 0 Å². The van der Waals surface area contributed by atoms with Crippen LogP contribution >= 0.6 is 0 Å². The predicted molar refractivity (Wildman–Crippen MR) is 63.1 cm³/mol. The largest absolute Gasteiger partial charge is 0.477 e. The van der Waals surface area contributed by atoms with Crippen LogP contribution in [0.3, 0.4) is 0 Å². The molecule has 3 rings (SSSR count). The summed E-state index contributed by atoms with van der Waals surface area (Å²) in [5.74, 6) is -3.23. The first-order valence-corrected chi connectivity index (χ1v) is 6.66. The number of ether oxygens (including phenoxy) is 1. The Hall–Kier alpha value is -2.16. The number of aliphatic carboxylic acids is 1. The molecule has 0 spiro atoms. The van der Waals surface area contributed by atoms with Gasteiger partial charge < -0.3 is 15.2 Å². The zero-order chi connectivity index (χ0) is 15.2. The number of esters is 1. The first kappa shape index (κ1) is 13.8. The number of hydrogen-bond acceptors (Lipinski definition) is 6. The van der Waals surface area contributed by atoms with Crippen LogP contribution in [0.5, 0.6) is 0 Å². The molecule has 114 valence electrons. The molecule has 0 radical (unpaired) electrons. The summed E-state index contributed by atoms with van der Waals surface area (Å²) in [4.78, 5) is 51.6. The van der Waals surface area contributed by atoms with E-state index >= 15 is 0 Å². The minimum Gasteiger partial charge on any atom is -0.477 e. The summed E-state index contributed by atoms with van der Waals surface area (Å²) in [5, 5.41) is 12.4. The molecule has 0 bridgehead atoms. The van der Waals surface area contributed by atoms with E-state index < -0.39 is 29.6 Å². The van der Waals surface area contributed by atoms with Gasteiger partial charge in [0.2, 0.25) is 5.91 Å². The van der Waals surface area contributed by atoms with Gasteiger partial charge in [0.25, 0.3) is 5.91 Å². The molecule has 9 heteroatoms. The van der Waals surface area contributed by atoms with E-state index in [2.05, 4.69) is 5.32 Å². The molecule has 2 N–H and O–H groups in total. The lowest BCUT2D eigenvalue weighted by Crippen LogP contribution is -2.56. The summed E-state index contributed by atoms with van der Waals surface area (Å²) in [5.41, 5.74) is -2.13. The van der Waals surface area contributed by atoms with Gasteiger partial charge >= 0.3 is 17.7 Å². The number of nitrogens with zero attached hydrogens (tertiary/aromatic N) is 1. The molecule has 3 aliphatic rings. The van der Waals surface area contributed by atoms with E-state index in [-0.39, 0.29) is 31.3 Å². The van der Waals surface area contributed by atoms with Crippen LogP contribution in [0, 0.1) is 5.92 Å². The van der Waals surface area contributed by atoms with Gasteiger partial charge in [0.05, 0.1) is 6.42 Å². The van der Waals surface area contributed by atoms with Gasteiger partial charge in [-0.15, -0.1) is 0 Å². The van der Waals surface area contributed by atoms with E-state index in [1.807, 2.05) is 0 Å². The molecule has 3 fully saturated rings. The Balaban J connectivity index is 1.74. The molecule has 1 saturated carbocycles. The number of carboxylic acid groups (broad SMARTS) is 1. The highest BCUT2D eigenvalue weighted by atomic mass is 16.7. The van der Waals surface area contributed by atoms with Crippen molar-refractivity contribution in [3.8, 4) is 0 Å². The van der Waals surface area contributed by atoms with Gasteiger partial charge in [0, 0.05) is 12.3 Å². The average Bonchev–Trinajstić information content (AvgIpc) is 3.12. The number of cyclic esters (lactones) is 1. The molecule has 21 heavy (non-hydrogen) atoms. The number of amides is 2. The molecule has 2 amide bonds. The Kier molecular flexibility index (Phi) is 3.08. The second kappa shape index (κ2) is 4.69. The van der Waals surface area contributed by atoms with Crippen LogP contribution in [-0.4, -0.2) is 52.3 Å². The fourth-order valence-corrected chi connectivity index (χ4v) is 2.39. The molecular formula is C12H14N2O7. The van der Waals surface area contributed by atoms with Crippen molar-refractivity contribution in [1.29, 1.82) is 0 Å². The Morgan fingerprint density at radius 1 is 1.33 bits per heavy atom. The third-order valence-electron chi connectivity index (χ3n) is 3.75. The van der Waals surface area contributed by atoms with Gasteiger partial charge in [0.1, 0.15) is 12.6 Å². The molecule has 2 heterocycles. The molecule has 0 aromatic carbocycles. The summed E-state index contributed by atoms with van der Waals surface area (Å²) in [6, 6.07) is -0.950. The molecule has 1 aliphatic carbocycles. The highest BCUT2D eigenvalue weighted by molar-refractivity contribution is 5.94. The van der Waals surface area contributed by atoms with Crippen molar-refractivity contribution in [2.75, 3.05) is 6.61 Å². The van der Waals surface area contributed by atoms with E-state index in [9.17, 15) is 24.3 Å². The standard InChI is InChI=1S/C12H14N2O7/c15-8-3-4-12(21-8,11(18)19)14-10(17)7(5-20-14)13-9(16)6-1-2-6/h6-7H,1-5H2,(H,13,16)(H,18,19)/t7-,12?/m0/s1. The summed E-state index contributed by atoms with van der Waals surface area (Å²) >= 11 is 0. The van der Waals surface area contributed by atoms with Gasteiger partial charge in [-0.05, 0) is 12.8 Å². The highest BCUT2D eigenvalue weighted by Gasteiger charge is 2.59. The Morgan fingerprint density at radius 2 is 2.05 bits per heavy atom. The number of carbonyl (C=O) groups excluding carboxylic acids is 3. The van der Waals surface area contributed by atoms with Crippen LogP contribution in [0.15, 0.2) is 0 Å². The number of carbonyl (C=O) groups is 4. The van der Waals surface area contributed by atoms with E-state index in [1.165, 1.54) is 0 Å². The first-order chi connectivity index (χ1) is 9.94. The third-order valence-corrected chi connectivity index (χ3v) is 3.75. The van der Waals surface area contributed by atoms with Crippen molar-refractivity contribution in [2.24, 2.45) is 5.92 Å². The van der Waals surface area contributed by atoms with Crippen LogP contribution in [0.4, 0.5) is 0 Å². The number of hydrogen-bond donors (Lipinski definition) is 2. The number of nitrogens with one attached hydrogen (secondary N) is 1. The molecule has 0 aromatic heterocycles. The molecule has 9 nitrogen and oxygen atoms in total. The van der Waals surface area contributed by atoms with E-state index in [4.69, 9.17) is 9.57 Å². The SMILES string of the molecule is O=C1CCC(C(=O)O)(N2OC[C@H](NC(=O)C3CC3)C2=O)O1. The molecule has 0 aromatic rings. The van der Waals surface area contributed by atoms with Crippen LogP contribution in [-0.2, 0) is 28.8 Å². The Labute approximate surface area is 119 Å². The van der Waals surface area contributed by atoms with Crippen LogP contribution in [0.2, 0.25) is 0 Å². The summed E-state index contributed by atoms with van der Waals surface area (Å²) in [6.07, 6.45) is 1.27. The topological polar surface area (TPSA) is 122 Å². The smallest absolute Gasteiger partial charge is 0.372 e. The maximum atomic E-state index is 12.2. The van der Waals surface area contributed by atoms with Gasteiger partial charge in [-0.3, -0.25) is 19.2 Å².